The smallest absolute Gasteiger partial charge is 0.317 e. The van der Waals surface area contributed by atoms with Crippen molar-refractivity contribution in [3.63, 3.8) is 0 Å². The van der Waals surface area contributed by atoms with E-state index < -0.39 is 5.41 Å². The first-order valence-corrected chi connectivity index (χ1v) is 6.45. The largest absolute Gasteiger partial charge is 0.490 e. The molecule has 3 nitrogen and oxygen atoms in total. The number of hydrogen-bond acceptors (Lipinski definition) is 3. The molecular weight excluding hydrogens is 228 g/mol. The third-order valence-electron chi connectivity index (χ3n) is 2.78. The van der Waals surface area contributed by atoms with Crippen LogP contribution in [0.1, 0.15) is 40.5 Å². The van der Waals surface area contributed by atoms with Crippen LogP contribution in [0.5, 0.6) is 11.5 Å². The topological polar surface area (TPSA) is 35.5 Å². The monoisotopic (exact) mass is 250 g/mol. The van der Waals surface area contributed by atoms with Crippen molar-refractivity contribution in [1.29, 1.82) is 0 Å². The molecule has 1 aromatic carbocycles. The third-order valence-corrected chi connectivity index (χ3v) is 2.78. The van der Waals surface area contributed by atoms with Gasteiger partial charge in [0.2, 0.25) is 0 Å². The molecule has 0 heterocycles. The molecule has 0 saturated carbocycles. The summed E-state index contributed by atoms with van der Waals surface area (Å²) in [5, 5.41) is 0. The van der Waals surface area contributed by atoms with Gasteiger partial charge >= 0.3 is 5.97 Å². The number of hydrogen-bond donors (Lipinski definition) is 0. The van der Waals surface area contributed by atoms with Crippen LogP contribution in [-0.2, 0) is 4.79 Å². The first kappa shape index (κ1) is 14.6. The minimum Gasteiger partial charge on any atom is -0.490 e. The fourth-order valence-electron chi connectivity index (χ4n) is 1.77. The number of para-hydroxylation sites is 2. The van der Waals surface area contributed by atoms with Crippen LogP contribution in [0.4, 0.5) is 0 Å². The van der Waals surface area contributed by atoms with Gasteiger partial charge < -0.3 is 9.47 Å². The highest BCUT2D eigenvalue weighted by molar-refractivity contribution is 5.78. The Labute approximate surface area is 109 Å². The molecule has 3 heteroatoms. The van der Waals surface area contributed by atoms with Crippen LogP contribution in [0, 0.1) is 5.41 Å². The zero-order chi connectivity index (χ0) is 13.6. The van der Waals surface area contributed by atoms with Crippen LogP contribution in [0.15, 0.2) is 24.3 Å². The highest BCUT2D eigenvalue weighted by Gasteiger charge is 2.29. The minimum atomic E-state index is -0.464. The molecule has 0 fully saturated rings. The summed E-state index contributed by atoms with van der Waals surface area (Å²) in [7, 11) is 0. The molecule has 0 saturated heterocycles. The second kappa shape index (κ2) is 6.43. The maximum Gasteiger partial charge on any atom is 0.317 e. The molecule has 18 heavy (non-hydrogen) atoms. The molecule has 100 valence electrons. The number of esters is 1. The average molecular weight is 250 g/mol. The van der Waals surface area contributed by atoms with Crippen molar-refractivity contribution in [3.8, 4) is 11.5 Å². The molecule has 0 aromatic heterocycles. The van der Waals surface area contributed by atoms with Gasteiger partial charge in [-0.25, -0.2) is 0 Å². The number of ether oxygens (including phenoxy) is 2. The summed E-state index contributed by atoms with van der Waals surface area (Å²) in [5.41, 5.74) is -0.464. The van der Waals surface area contributed by atoms with E-state index in [9.17, 15) is 4.79 Å². The van der Waals surface area contributed by atoms with E-state index in [1.165, 1.54) is 0 Å². The lowest BCUT2D eigenvalue weighted by Gasteiger charge is -2.22. The van der Waals surface area contributed by atoms with Crippen molar-refractivity contribution in [2.45, 2.75) is 40.5 Å². The van der Waals surface area contributed by atoms with E-state index in [4.69, 9.17) is 9.47 Å². The van der Waals surface area contributed by atoms with Gasteiger partial charge in [0.05, 0.1) is 12.0 Å². The lowest BCUT2D eigenvalue weighted by atomic mass is 9.88. The molecule has 1 rings (SSSR count). The first-order chi connectivity index (χ1) is 8.51. The standard InChI is InChI=1S/C15H22O3/c1-5-11-15(3,4)14(16)18-13-10-8-7-9-12(13)17-6-2/h7-10H,5-6,11H2,1-4H3. The normalized spacial score (nSPS) is 11.1. The van der Waals surface area contributed by atoms with Gasteiger partial charge in [0.1, 0.15) is 0 Å². The highest BCUT2D eigenvalue weighted by Crippen LogP contribution is 2.30. The Morgan fingerprint density at radius 1 is 1.17 bits per heavy atom. The van der Waals surface area contributed by atoms with Crippen molar-refractivity contribution < 1.29 is 14.3 Å². The third kappa shape index (κ3) is 3.76. The number of carbonyl (C=O) groups is 1. The number of carbonyl (C=O) groups excluding carboxylic acids is 1. The molecular formula is C15H22O3. The minimum absolute atomic E-state index is 0.212. The molecule has 0 N–H and O–H groups in total. The van der Waals surface area contributed by atoms with Gasteiger partial charge in [-0.05, 0) is 39.3 Å². The highest BCUT2D eigenvalue weighted by atomic mass is 16.6. The lowest BCUT2D eigenvalue weighted by Crippen LogP contribution is -2.28. The zero-order valence-corrected chi connectivity index (χ0v) is 11.7. The summed E-state index contributed by atoms with van der Waals surface area (Å²) >= 11 is 0. The Balaban J connectivity index is 2.81. The Morgan fingerprint density at radius 3 is 2.33 bits per heavy atom. The fourth-order valence-corrected chi connectivity index (χ4v) is 1.77. The van der Waals surface area contributed by atoms with Crippen molar-refractivity contribution in [2.75, 3.05) is 6.61 Å². The maximum absolute atomic E-state index is 12.1. The lowest BCUT2D eigenvalue weighted by molar-refractivity contribution is -0.144. The fraction of sp³-hybridized carbons (Fsp3) is 0.533. The Hall–Kier alpha value is -1.51. The predicted molar refractivity (Wildman–Crippen MR) is 71.9 cm³/mol. The van der Waals surface area contributed by atoms with Gasteiger partial charge in [-0.15, -0.1) is 0 Å². The zero-order valence-electron chi connectivity index (χ0n) is 11.7. The van der Waals surface area contributed by atoms with Gasteiger partial charge in [-0.1, -0.05) is 25.5 Å². The van der Waals surface area contributed by atoms with Crippen molar-refractivity contribution in [2.24, 2.45) is 5.41 Å². The molecule has 0 amide bonds. The van der Waals surface area contributed by atoms with Crippen LogP contribution in [0.25, 0.3) is 0 Å². The van der Waals surface area contributed by atoms with Crippen molar-refractivity contribution in [1.82, 2.24) is 0 Å². The molecule has 0 spiro atoms. The van der Waals surface area contributed by atoms with E-state index in [2.05, 4.69) is 6.92 Å². The molecule has 0 unspecified atom stereocenters. The van der Waals surface area contributed by atoms with Gasteiger partial charge in [0.15, 0.2) is 11.5 Å². The number of benzene rings is 1. The molecule has 0 aliphatic rings. The average Bonchev–Trinajstić information content (AvgIpc) is 2.32. The van der Waals surface area contributed by atoms with Crippen LogP contribution in [0.3, 0.4) is 0 Å². The van der Waals surface area contributed by atoms with Crippen LogP contribution < -0.4 is 9.47 Å². The number of rotatable bonds is 6. The van der Waals surface area contributed by atoms with Gasteiger partial charge in [-0.2, -0.15) is 0 Å². The van der Waals surface area contributed by atoms with E-state index in [-0.39, 0.29) is 5.97 Å². The summed E-state index contributed by atoms with van der Waals surface area (Å²) < 4.78 is 10.9. The van der Waals surface area contributed by atoms with Crippen LogP contribution in [-0.4, -0.2) is 12.6 Å². The molecule has 0 radical (unpaired) electrons. The Kier molecular flexibility index (Phi) is 5.20. The summed E-state index contributed by atoms with van der Waals surface area (Å²) in [6.07, 6.45) is 1.76. The summed E-state index contributed by atoms with van der Waals surface area (Å²) in [4.78, 5) is 12.1. The van der Waals surface area contributed by atoms with E-state index >= 15 is 0 Å². The maximum atomic E-state index is 12.1. The van der Waals surface area contributed by atoms with Gasteiger partial charge in [0, 0.05) is 0 Å². The quantitative estimate of drug-likeness (QED) is 0.569. The van der Waals surface area contributed by atoms with E-state index in [1.807, 2.05) is 32.9 Å². The molecule has 0 atom stereocenters. The molecule has 0 bridgehead atoms. The van der Waals surface area contributed by atoms with Crippen LogP contribution >= 0.6 is 0 Å². The van der Waals surface area contributed by atoms with Crippen molar-refractivity contribution >= 4 is 5.97 Å². The summed E-state index contributed by atoms with van der Waals surface area (Å²) in [6, 6.07) is 7.25. The van der Waals surface area contributed by atoms with Gasteiger partial charge in [-0.3, -0.25) is 4.79 Å². The second-order valence-electron chi connectivity index (χ2n) is 4.90. The van der Waals surface area contributed by atoms with Crippen molar-refractivity contribution in [3.05, 3.63) is 24.3 Å². The SMILES string of the molecule is CCCC(C)(C)C(=O)Oc1ccccc1OCC. The molecule has 0 aliphatic carbocycles. The van der Waals surface area contributed by atoms with Gasteiger partial charge in [0.25, 0.3) is 0 Å². The van der Waals surface area contributed by atoms with E-state index in [1.54, 1.807) is 12.1 Å². The van der Waals surface area contributed by atoms with Crippen LogP contribution in [0.2, 0.25) is 0 Å². The second-order valence-corrected chi connectivity index (χ2v) is 4.90. The Bertz CT molecular complexity index is 396. The van der Waals surface area contributed by atoms with E-state index in [0.29, 0.717) is 18.1 Å². The predicted octanol–water partition coefficient (Wildman–Crippen LogP) is 3.82. The Morgan fingerprint density at radius 2 is 1.78 bits per heavy atom. The van der Waals surface area contributed by atoms with E-state index in [0.717, 1.165) is 12.8 Å². The molecule has 0 aliphatic heterocycles. The summed E-state index contributed by atoms with van der Waals surface area (Å²) in [6.45, 7) is 8.32. The molecule has 1 aromatic rings. The summed E-state index contributed by atoms with van der Waals surface area (Å²) in [5.74, 6) is 0.894. The first-order valence-electron chi connectivity index (χ1n) is 6.45.